The Morgan fingerprint density at radius 3 is 2.61 bits per heavy atom. The summed E-state index contributed by atoms with van der Waals surface area (Å²) in [6, 6.07) is 3.98. The lowest BCUT2D eigenvalue weighted by atomic mass is 10.0. The van der Waals surface area contributed by atoms with Crippen LogP contribution in [0.2, 0.25) is 0 Å². The zero-order valence-corrected chi connectivity index (χ0v) is 10.8. The second kappa shape index (κ2) is 4.95. The molecule has 1 aliphatic rings. The lowest BCUT2D eigenvalue weighted by Gasteiger charge is -2.26. The molecule has 18 heavy (non-hydrogen) atoms. The average molecular weight is 274 g/mol. The van der Waals surface area contributed by atoms with Crippen molar-refractivity contribution in [3.63, 3.8) is 0 Å². The summed E-state index contributed by atoms with van der Waals surface area (Å²) in [6.45, 7) is 1.87. The van der Waals surface area contributed by atoms with E-state index >= 15 is 0 Å². The minimum Gasteiger partial charge on any atom is -0.396 e. The fourth-order valence-corrected chi connectivity index (χ4v) is 3.23. The van der Waals surface area contributed by atoms with E-state index in [0.717, 1.165) is 0 Å². The molecule has 0 bridgehead atoms. The number of hydrogen-bond donors (Lipinski definition) is 1. The van der Waals surface area contributed by atoms with Crippen LogP contribution in [-0.2, 0) is 14.6 Å². The third-order valence-electron chi connectivity index (χ3n) is 3.15. The Labute approximate surface area is 105 Å². The number of benzene rings is 1. The van der Waals surface area contributed by atoms with Crippen molar-refractivity contribution in [1.29, 1.82) is 0 Å². The first-order chi connectivity index (χ1) is 8.46. The Balaban J connectivity index is 2.35. The molecule has 1 heterocycles. The number of ether oxygens (including phenoxy) is 1. The van der Waals surface area contributed by atoms with Gasteiger partial charge in [-0.05, 0) is 17.7 Å². The number of hydrogen-bond acceptors (Lipinski definition) is 4. The van der Waals surface area contributed by atoms with Gasteiger partial charge in [0.1, 0.15) is 16.0 Å². The van der Waals surface area contributed by atoms with E-state index in [1.54, 1.807) is 6.92 Å². The van der Waals surface area contributed by atoms with E-state index in [4.69, 9.17) is 9.84 Å². The molecule has 0 radical (unpaired) electrons. The van der Waals surface area contributed by atoms with E-state index in [1.165, 1.54) is 18.2 Å². The fraction of sp³-hybridized carbons (Fsp3) is 0.500. The van der Waals surface area contributed by atoms with E-state index in [9.17, 15) is 12.8 Å². The molecular weight excluding hydrogens is 259 g/mol. The molecular formula is C12H15FO4S. The fourth-order valence-electron chi connectivity index (χ4n) is 1.73. The van der Waals surface area contributed by atoms with Crippen molar-refractivity contribution in [2.45, 2.75) is 23.0 Å². The normalized spacial score (nSPS) is 18.4. The van der Waals surface area contributed by atoms with Crippen LogP contribution in [0.3, 0.4) is 0 Å². The van der Waals surface area contributed by atoms with Gasteiger partial charge in [0.05, 0.1) is 13.2 Å². The van der Waals surface area contributed by atoms with Gasteiger partial charge in [0.2, 0.25) is 0 Å². The summed E-state index contributed by atoms with van der Waals surface area (Å²) in [7, 11) is -3.64. The summed E-state index contributed by atoms with van der Waals surface area (Å²) in [6.07, 6.45) is 0. The summed E-state index contributed by atoms with van der Waals surface area (Å²) >= 11 is 0. The summed E-state index contributed by atoms with van der Waals surface area (Å²) in [5.74, 6) is -0.983. The summed E-state index contributed by atoms with van der Waals surface area (Å²) < 4.78 is 42.7. The molecule has 0 spiro atoms. The molecule has 1 fully saturated rings. The largest absolute Gasteiger partial charge is 0.396 e. The van der Waals surface area contributed by atoms with Gasteiger partial charge in [-0.25, -0.2) is 12.8 Å². The molecule has 1 atom stereocenters. The minimum atomic E-state index is -3.64. The first-order valence-corrected chi connectivity index (χ1v) is 7.23. The first-order valence-electron chi connectivity index (χ1n) is 5.68. The molecule has 0 aromatic heterocycles. The topological polar surface area (TPSA) is 63.6 Å². The highest BCUT2D eigenvalue weighted by Crippen LogP contribution is 2.26. The maximum Gasteiger partial charge on any atom is 0.188 e. The van der Waals surface area contributed by atoms with Gasteiger partial charge >= 0.3 is 0 Å². The van der Waals surface area contributed by atoms with Gasteiger partial charge in [-0.1, -0.05) is 13.0 Å². The van der Waals surface area contributed by atoms with Gasteiger partial charge in [0, 0.05) is 12.5 Å². The van der Waals surface area contributed by atoms with E-state index in [2.05, 4.69) is 0 Å². The second-order valence-corrected chi connectivity index (χ2v) is 6.67. The van der Waals surface area contributed by atoms with E-state index in [-0.39, 0.29) is 30.6 Å². The molecule has 0 aliphatic carbocycles. The van der Waals surface area contributed by atoms with Gasteiger partial charge in [-0.2, -0.15) is 0 Å². The van der Waals surface area contributed by atoms with Crippen molar-refractivity contribution >= 4 is 9.84 Å². The quantitative estimate of drug-likeness (QED) is 0.893. The maximum atomic E-state index is 13.9. The Morgan fingerprint density at radius 1 is 1.50 bits per heavy atom. The van der Waals surface area contributed by atoms with Crippen LogP contribution in [0.4, 0.5) is 4.39 Å². The smallest absolute Gasteiger partial charge is 0.188 e. The molecule has 1 unspecified atom stereocenters. The summed E-state index contributed by atoms with van der Waals surface area (Å²) in [5, 5.41) is 8.34. The number of aliphatic hydroxyl groups excluding tert-OH is 1. The molecule has 2 rings (SSSR count). The SMILES string of the molecule is CC(CO)c1ccc(S(=O)(=O)C2COC2)c(F)c1. The molecule has 0 amide bonds. The Morgan fingerprint density at radius 2 is 2.17 bits per heavy atom. The molecule has 6 heteroatoms. The van der Waals surface area contributed by atoms with Crippen LogP contribution < -0.4 is 0 Å². The van der Waals surface area contributed by atoms with Crippen molar-refractivity contribution in [2.75, 3.05) is 19.8 Å². The second-order valence-electron chi connectivity index (χ2n) is 4.48. The predicted molar refractivity (Wildman–Crippen MR) is 63.7 cm³/mol. The number of halogens is 1. The standard InChI is InChI=1S/C12H15FO4S/c1-8(5-14)9-2-3-12(11(13)4-9)18(15,16)10-6-17-7-10/h2-4,8,10,14H,5-7H2,1H3. The minimum absolute atomic E-state index is 0.109. The zero-order valence-electron chi connectivity index (χ0n) is 9.97. The molecule has 0 saturated carbocycles. The highest BCUT2D eigenvalue weighted by atomic mass is 32.2. The van der Waals surface area contributed by atoms with Crippen molar-refractivity contribution in [3.05, 3.63) is 29.6 Å². The Kier molecular flexibility index (Phi) is 3.70. The third kappa shape index (κ3) is 2.28. The van der Waals surface area contributed by atoms with E-state index < -0.39 is 20.9 Å². The van der Waals surface area contributed by atoms with E-state index in [1.807, 2.05) is 0 Å². The maximum absolute atomic E-state index is 13.9. The molecule has 1 aliphatic heterocycles. The molecule has 100 valence electrons. The van der Waals surface area contributed by atoms with Crippen LogP contribution in [0.15, 0.2) is 23.1 Å². The highest BCUT2D eigenvalue weighted by molar-refractivity contribution is 7.92. The van der Waals surface area contributed by atoms with Gasteiger partial charge in [-0.15, -0.1) is 0 Å². The van der Waals surface area contributed by atoms with Gasteiger partial charge in [0.15, 0.2) is 9.84 Å². The van der Waals surface area contributed by atoms with Crippen molar-refractivity contribution < 1.29 is 22.7 Å². The van der Waals surface area contributed by atoms with Crippen LogP contribution in [0.1, 0.15) is 18.4 Å². The lowest BCUT2D eigenvalue weighted by Crippen LogP contribution is -2.40. The monoisotopic (exact) mass is 274 g/mol. The molecule has 1 aromatic rings. The van der Waals surface area contributed by atoms with Crippen molar-refractivity contribution in [1.82, 2.24) is 0 Å². The third-order valence-corrected chi connectivity index (χ3v) is 5.25. The van der Waals surface area contributed by atoms with Gasteiger partial charge in [0.25, 0.3) is 0 Å². The van der Waals surface area contributed by atoms with Crippen LogP contribution in [0, 0.1) is 5.82 Å². The van der Waals surface area contributed by atoms with Crippen LogP contribution >= 0.6 is 0 Å². The molecule has 1 saturated heterocycles. The van der Waals surface area contributed by atoms with Crippen molar-refractivity contribution in [2.24, 2.45) is 0 Å². The first kappa shape index (κ1) is 13.5. The van der Waals surface area contributed by atoms with Crippen LogP contribution in [0.5, 0.6) is 0 Å². The summed E-state index contributed by atoms with van der Waals surface area (Å²) in [4.78, 5) is -0.287. The van der Waals surface area contributed by atoms with Crippen LogP contribution in [-0.4, -0.2) is 38.6 Å². The molecule has 1 N–H and O–H groups in total. The average Bonchev–Trinajstić information content (AvgIpc) is 2.24. The molecule has 1 aromatic carbocycles. The number of rotatable bonds is 4. The predicted octanol–water partition coefficient (Wildman–Crippen LogP) is 1.09. The van der Waals surface area contributed by atoms with Gasteiger partial charge < -0.3 is 9.84 Å². The van der Waals surface area contributed by atoms with Gasteiger partial charge in [-0.3, -0.25) is 0 Å². The van der Waals surface area contributed by atoms with Crippen molar-refractivity contribution in [3.8, 4) is 0 Å². The zero-order chi connectivity index (χ0) is 13.3. The molecule has 4 nitrogen and oxygen atoms in total. The summed E-state index contributed by atoms with van der Waals surface area (Å²) in [5.41, 5.74) is 0.582. The van der Waals surface area contributed by atoms with E-state index in [0.29, 0.717) is 5.56 Å². The van der Waals surface area contributed by atoms with Crippen LogP contribution in [0.25, 0.3) is 0 Å². The Bertz CT molecular complexity index is 537. The highest BCUT2D eigenvalue weighted by Gasteiger charge is 2.35. The number of aliphatic hydroxyl groups is 1. The number of sulfone groups is 1. The lowest BCUT2D eigenvalue weighted by molar-refractivity contribution is 0.0415. The Hall–Kier alpha value is -0.980.